The summed E-state index contributed by atoms with van der Waals surface area (Å²) in [7, 11) is 1.65. The Bertz CT molecular complexity index is 1210. The molecule has 188 valence electrons. The second kappa shape index (κ2) is 13.2. The van der Waals surface area contributed by atoms with Crippen molar-refractivity contribution in [1.82, 2.24) is 0 Å². The van der Waals surface area contributed by atoms with E-state index in [1.807, 2.05) is 19.9 Å². The maximum atomic E-state index is 11.6. The van der Waals surface area contributed by atoms with Crippen molar-refractivity contribution in [3.8, 4) is 0 Å². The summed E-state index contributed by atoms with van der Waals surface area (Å²) < 4.78 is 9.98. The van der Waals surface area contributed by atoms with E-state index in [1.54, 1.807) is 12.1 Å². The first kappa shape index (κ1) is 29.1. The van der Waals surface area contributed by atoms with Crippen molar-refractivity contribution in [3.63, 3.8) is 0 Å². The molecule has 36 heavy (non-hydrogen) atoms. The van der Waals surface area contributed by atoms with E-state index in [9.17, 15) is 9.59 Å². The first-order chi connectivity index (χ1) is 17.1. The first-order valence-electron chi connectivity index (χ1n) is 11.3. The molecule has 0 heterocycles. The molecule has 10 heteroatoms. The van der Waals surface area contributed by atoms with Crippen LogP contribution < -0.4 is 0 Å². The lowest BCUT2D eigenvalue weighted by Crippen LogP contribution is -2.09. The van der Waals surface area contributed by atoms with Gasteiger partial charge in [0.25, 0.3) is 0 Å². The van der Waals surface area contributed by atoms with Crippen molar-refractivity contribution in [2.75, 3.05) is 14.2 Å². The molecule has 2 aliphatic rings. The molecule has 4 rings (SSSR count). The summed E-state index contributed by atoms with van der Waals surface area (Å²) in [5, 5.41) is 16.5. The Morgan fingerprint density at radius 2 is 1.36 bits per heavy atom. The topological polar surface area (TPSA) is 102 Å². The maximum absolute atomic E-state index is 11.6. The van der Waals surface area contributed by atoms with Crippen LogP contribution in [0.5, 0.6) is 0 Å². The summed E-state index contributed by atoms with van der Waals surface area (Å²) in [5.74, 6) is -0.0915. The molecule has 8 nitrogen and oxygen atoms in total. The molecule has 0 atom stereocenters. The van der Waals surface area contributed by atoms with Crippen LogP contribution in [0.15, 0.2) is 28.7 Å². The number of aryl methyl sites for hydroxylation is 2. The zero-order chi connectivity index (χ0) is 27.0. The molecular formula is C26H28BBrN2O6. The van der Waals surface area contributed by atoms with Crippen LogP contribution in [0.2, 0.25) is 5.82 Å². The minimum Gasteiger partial charge on any atom is -0.465 e. The number of methoxy groups -OCH3 is 2. The Morgan fingerprint density at radius 1 is 0.889 bits per heavy atom. The van der Waals surface area contributed by atoms with Crippen LogP contribution in [-0.2, 0) is 9.47 Å². The van der Waals surface area contributed by atoms with Crippen LogP contribution in [0.1, 0.15) is 69.0 Å². The van der Waals surface area contributed by atoms with Crippen LogP contribution in [0.3, 0.4) is 0 Å². The molecule has 0 amide bonds. The molecule has 2 aromatic carbocycles. The van der Waals surface area contributed by atoms with Crippen LogP contribution in [0.25, 0.3) is 9.69 Å². The molecule has 0 aliphatic heterocycles. The largest absolute Gasteiger partial charge is 0.465 e. The number of carbonyl (C=O) groups excluding carboxylic acids is 2. The number of halogens is 1. The van der Waals surface area contributed by atoms with Gasteiger partial charge in [0, 0.05) is 4.47 Å². The molecule has 0 aromatic heterocycles. The molecule has 2 aliphatic carbocycles. The van der Waals surface area contributed by atoms with E-state index in [-0.39, 0.29) is 11.8 Å². The summed E-state index contributed by atoms with van der Waals surface area (Å²) in [5.41, 5.74) is 4.74. The SMILES string of the molecule is OB(O)C1CC1.[C-]#[N+]c1cc(C(=O)OC)c(Br)cc1C.[C-]#[N+]c1cc(C(=O)OC)c(C2CC2)cc1C. The van der Waals surface area contributed by atoms with Crippen LogP contribution in [0, 0.1) is 27.0 Å². The van der Waals surface area contributed by atoms with Gasteiger partial charge in [-0.1, -0.05) is 40.9 Å². The van der Waals surface area contributed by atoms with E-state index in [1.165, 1.54) is 20.3 Å². The van der Waals surface area contributed by atoms with Crippen molar-refractivity contribution in [1.29, 1.82) is 0 Å². The Labute approximate surface area is 220 Å². The molecule has 0 radical (unpaired) electrons. The van der Waals surface area contributed by atoms with E-state index in [2.05, 4.69) is 30.4 Å². The highest BCUT2D eigenvalue weighted by Gasteiger charge is 2.33. The maximum Gasteiger partial charge on any atom is 0.454 e. The molecule has 0 spiro atoms. The van der Waals surface area contributed by atoms with Crippen molar-refractivity contribution >= 4 is 46.4 Å². The van der Waals surface area contributed by atoms with Gasteiger partial charge in [0.05, 0.1) is 38.5 Å². The number of carbonyl (C=O) groups is 2. The third kappa shape index (κ3) is 7.92. The number of ether oxygens (including phenoxy) is 2. The van der Waals surface area contributed by atoms with Gasteiger partial charge in [0.2, 0.25) is 0 Å². The average Bonchev–Trinajstić information content (AvgIpc) is 3.76. The lowest BCUT2D eigenvalue weighted by atomic mass is 9.84. The Hall–Kier alpha value is -3.18. The standard InChI is InChI=1S/C13H13NO2.C10H8BrNO2.C3H7BO2/c1-8-6-10(9-4-5-9)11(13(15)16-3)7-12(8)14-2;1-6-4-8(11)7(10(13)14-3)5-9(6)12-2;5-4(6)3-1-2-3/h6-7,9H,4-5H2,1,3H3;4-5H,1,3H3;3,5-6H,1-2H2. The van der Waals surface area contributed by atoms with Gasteiger partial charge in [-0.15, -0.1) is 0 Å². The molecule has 2 saturated carbocycles. The van der Waals surface area contributed by atoms with Gasteiger partial charge in [-0.25, -0.2) is 19.3 Å². The van der Waals surface area contributed by atoms with Crippen LogP contribution in [0.4, 0.5) is 11.4 Å². The number of hydrogen-bond acceptors (Lipinski definition) is 6. The first-order valence-corrected chi connectivity index (χ1v) is 12.1. The van der Waals surface area contributed by atoms with E-state index < -0.39 is 13.1 Å². The fourth-order valence-electron chi connectivity index (χ4n) is 3.30. The summed E-state index contributed by atoms with van der Waals surface area (Å²) >= 11 is 3.25. The smallest absolute Gasteiger partial charge is 0.454 e. The number of esters is 2. The molecule has 2 fully saturated rings. The zero-order valence-electron chi connectivity index (χ0n) is 20.7. The summed E-state index contributed by atoms with van der Waals surface area (Å²) in [6, 6.07) is 6.87. The lowest BCUT2D eigenvalue weighted by molar-refractivity contribution is 0.0590. The normalized spacial score (nSPS) is 13.5. The van der Waals surface area contributed by atoms with Gasteiger partial charge in [-0.05, 0) is 67.2 Å². The van der Waals surface area contributed by atoms with Crippen LogP contribution in [-0.4, -0.2) is 43.3 Å². The Morgan fingerprint density at radius 3 is 1.75 bits per heavy atom. The van der Waals surface area contributed by atoms with E-state index in [0.717, 1.165) is 42.4 Å². The van der Waals surface area contributed by atoms with Gasteiger partial charge in [-0.3, -0.25) is 0 Å². The third-order valence-corrected chi connectivity index (χ3v) is 6.42. The van der Waals surface area contributed by atoms with E-state index >= 15 is 0 Å². The molecule has 0 bridgehead atoms. The van der Waals surface area contributed by atoms with Crippen molar-refractivity contribution in [2.45, 2.75) is 51.3 Å². The monoisotopic (exact) mass is 554 g/mol. The summed E-state index contributed by atoms with van der Waals surface area (Å²) in [6.07, 6.45) is 4.25. The highest BCUT2D eigenvalue weighted by Crippen LogP contribution is 2.43. The summed E-state index contributed by atoms with van der Waals surface area (Å²) in [4.78, 5) is 29.6. The van der Waals surface area contributed by atoms with Gasteiger partial charge in [-0.2, -0.15) is 0 Å². The second-order valence-electron chi connectivity index (χ2n) is 8.58. The number of benzene rings is 2. The quantitative estimate of drug-likeness (QED) is 0.276. The number of hydrogen-bond donors (Lipinski definition) is 2. The van der Waals surface area contributed by atoms with E-state index in [4.69, 9.17) is 27.9 Å². The van der Waals surface area contributed by atoms with Crippen LogP contribution >= 0.6 is 15.9 Å². The lowest BCUT2D eigenvalue weighted by Gasteiger charge is -2.09. The molecule has 2 aromatic rings. The number of rotatable bonds is 4. The third-order valence-electron chi connectivity index (χ3n) is 5.77. The minimum absolute atomic E-state index is 0.213. The highest BCUT2D eigenvalue weighted by molar-refractivity contribution is 9.10. The van der Waals surface area contributed by atoms with Crippen molar-refractivity contribution < 1.29 is 29.1 Å². The second-order valence-corrected chi connectivity index (χ2v) is 9.43. The van der Waals surface area contributed by atoms with Crippen molar-refractivity contribution in [2.24, 2.45) is 0 Å². The molecule has 2 N–H and O–H groups in total. The average molecular weight is 555 g/mol. The Balaban J connectivity index is 0.000000208. The molecular weight excluding hydrogens is 527 g/mol. The predicted molar refractivity (Wildman–Crippen MR) is 140 cm³/mol. The highest BCUT2D eigenvalue weighted by atomic mass is 79.9. The van der Waals surface area contributed by atoms with Crippen molar-refractivity contribution in [3.05, 3.63) is 79.4 Å². The Kier molecular flexibility index (Phi) is 10.7. The van der Waals surface area contributed by atoms with Gasteiger partial charge < -0.3 is 19.5 Å². The number of nitrogens with zero attached hydrogens (tertiary/aromatic N) is 2. The van der Waals surface area contributed by atoms with Gasteiger partial charge in [0.15, 0.2) is 11.4 Å². The predicted octanol–water partition coefficient (Wildman–Crippen LogP) is 5.93. The fraction of sp³-hybridized carbons (Fsp3) is 0.385. The molecule has 0 unspecified atom stereocenters. The van der Waals surface area contributed by atoms with E-state index in [0.29, 0.717) is 32.9 Å². The molecule has 0 saturated heterocycles. The summed E-state index contributed by atoms with van der Waals surface area (Å²) in [6.45, 7) is 17.7. The zero-order valence-corrected chi connectivity index (χ0v) is 22.3. The van der Waals surface area contributed by atoms with Gasteiger partial charge in [0.1, 0.15) is 0 Å². The minimum atomic E-state index is -1.04. The van der Waals surface area contributed by atoms with Gasteiger partial charge >= 0.3 is 19.1 Å². The fourth-order valence-corrected chi connectivity index (χ4v) is 3.92.